The third kappa shape index (κ3) is 10.3. The van der Waals surface area contributed by atoms with Crippen molar-refractivity contribution in [2.24, 2.45) is 0 Å². The Morgan fingerprint density at radius 2 is 1.00 bits per heavy atom. The Kier molecular flexibility index (Phi) is 3.37. The molecule has 0 aliphatic rings. The molecule has 0 saturated carbocycles. The zero-order valence-corrected chi connectivity index (χ0v) is 6.39. The largest absolute Gasteiger partial charge is 0.314 e. The van der Waals surface area contributed by atoms with E-state index < -0.39 is 0 Å². The molecule has 0 saturated heterocycles. The fraction of sp³-hybridized carbons (Fsp3) is 0. The Bertz CT molecular complexity index is 8.00. The Morgan fingerprint density at radius 1 is 1.00 bits per heavy atom. The number of rotatable bonds is 0. The first kappa shape index (κ1) is 5.31. The topological polar surface area (TPSA) is 0 Å². The Balaban J connectivity index is 2.32. The van der Waals surface area contributed by atoms with Crippen LogP contribution in [0.4, 0.5) is 0 Å². The maximum Gasteiger partial charge on any atom is 0.314 e. The first-order chi connectivity index (χ1) is 1.73. The van der Waals surface area contributed by atoms with Crippen molar-refractivity contribution in [2.75, 3.05) is 0 Å². The third-order valence-electron chi connectivity index (χ3n) is 0. The van der Waals surface area contributed by atoms with Gasteiger partial charge in [-0.2, -0.15) is 0 Å². The van der Waals surface area contributed by atoms with Gasteiger partial charge in [0.15, 0.2) is 0 Å². The molecule has 0 heterocycles. The van der Waals surface area contributed by atoms with Crippen molar-refractivity contribution in [3.63, 3.8) is 0 Å². The molecular weight excluding hydrogens is 252 g/mol. The highest BCUT2D eigenvalue weighted by atomic mass is 80.0. The summed E-state index contributed by atoms with van der Waals surface area (Å²) < 4.78 is 0.854. The second kappa shape index (κ2) is 2.54. The molecule has 0 bridgehead atoms. The van der Waals surface area contributed by atoms with Gasteiger partial charge >= 0.3 is 2.65 Å². The lowest BCUT2D eigenvalue weighted by Crippen LogP contribution is -1.31. The smallest absolute Gasteiger partial charge is 0.229 e. The van der Waals surface area contributed by atoms with E-state index in [1.54, 1.807) is 0 Å². The van der Waals surface area contributed by atoms with Gasteiger partial charge in [0, 0.05) is 0 Å². The Hall–Kier alpha value is 1.31. The van der Waals surface area contributed by atoms with E-state index in [1.807, 2.05) is 0 Å². The summed E-state index contributed by atoms with van der Waals surface area (Å²) in [6.45, 7) is 0. The summed E-state index contributed by atoms with van der Waals surface area (Å²) >= 11 is 9.06. The van der Waals surface area contributed by atoms with Crippen LogP contribution in [0.25, 0.3) is 0 Å². The van der Waals surface area contributed by atoms with E-state index in [0.717, 1.165) is 2.65 Å². The first-order valence-corrected chi connectivity index (χ1v) is 2.95. The minimum absolute atomic E-state index is 0.854. The van der Waals surface area contributed by atoms with Crippen molar-refractivity contribution in [3.05, 3.63) is 2.65 Å². The van der Waals surface area contributed by atoms with E-state index >= 15 is 0 Å². The molecule has 24 valence electrons. The fourth-order valence-electron chi connectivity index (χ4n) is 0. The zero-order valence-electron chi connectivity index (χ0n) is 1.63. The van der Waals surface area contributed by atoms with Crippen molar-refractivity contribution in [1.29, 1.82) is 0 Å². The van der Waals surface area contributed by atoms with Gasteiger partial charge in [-0.05, 0) is 0 Å². The molecule has 0 aromatic rings. The second-order valence-corrected chi connectivity index (χ2v) is 5.79. The van der Waals surface area contributed by atoms with Crippen LogP contribution in [-0.4, -0.2) is 0 Å². The van der Waals surface area contributed by atoms with Crippen LogP contribution in [-0.2, 0) is 0 Å². The molecule has 0 fully saturated rings. The van der Waals surface area contributed by atoms with Gasteiger partial charge < -0.3 is 0 Å². The van der Waals surface area contributed by atoms with Gasteiger partial charge in [-0.15, -0.1) is 0 Å². The molecule has 3 heteroatoms. The number of hydrogen-bond donors (Lipinski definition) is 0. The highest BCUT2D eigenvalue weighted by Gasteiger charge is 2.00. The Morgan fingerprint density at radius 3 is 1.00 bits per heavy atom. The lowest BCUT2D eigenvalue weighted by molar-refractivity contribution is 2.76. The van der Waals surface area contributed by atoms with E-state index in [-0.39, 0.29) is 0 Å². The molecule has 0 unspecified atom stereocenters. The number of halogens is 3. The average Bonchev–Trinajstić information content (AvgIpc) is 0.811. The Labute approximate surface area is 50.3 Å². The molecule has 0 aromatic carbocycles. The van der Waals surface area contributed by atoms with Gasteiger partial charge in [-0.25, -0.2) is 0 Å². The number of hydrogen-bond acceptors (Lipinski definition) is 0. The van der Waals surface area contributed by atoms with E-state index in [2.05, 4.69) is 47.8 Å². The lowest BCUT2D eigenvalue weighted by atomic mass is 12.0. The second-order valence-electron chi connectivity index (χ2n) is 0.214. The predicted octanol–water partition coefficient (Wildman–Crippen LogP) is 2.62. The third-order valence-corrected chi connectivity index (χ3v) is 0. The summed E-state index contributed by atoms with van der Waals surface area (Å²) in [4.78, 5) is 0. The van der Waals surface area contributed by atoms with Gasteiger partial charge in [-0.1, -0.05) is 0 Å². The van der Waals surface area contributed by atoms with Gasteiger partial charge in [0.05, 0.1) is 0 Å². The highest BCUT2D eigenvalue weighted by molar-refractivity contribution is 9.42. The summed E-state index contributed by atoms with van der Waals surface area (Å²) in [6, 6.07) is 0. The van der Waals surface area contributed by atoms with Crippen LogP contribution in [0.2, 0.25) is 0 Å². The molecule has 0 radical (unpaired) electrons. The van der Waals surface area contributed by atoms with Crippen molar-refractivity contribution in [2.45, 2.75) is 0 Å². The van der Waals surface area contributed by atoms with E-state index in [9.17, 15) is 0 Å². The molecule has 0 amide bonds. The maximum atomic E-state index is 3.02. The molecule has 0 aliphatic carbocycles. The first-order valence-electron chi connectivity index (χ1n) is 0.567. The fourth-order valence-corrected chi connectivity index (χ4v) is 0. The van der Waals surface area contributed by atoms with Crippen molar-refractivity contribution in [1.82, 2.24) is 0 Å². The van der Waals surface area contributed by atoms with Crippen LogP contribution in [0.3, 0.4) is 0 Å². The standard InChI is InChI=1S/CBr3/c2-1(3)4/q+1. The van der Waals surface area contributed by atoms with Gasteiger partial charge in [0.1, 0.15) is 0 Å². The molecule has 4 heavy (non-hydrogen) atoms. The van der Waals surface area contributed by atoms with E-state index in [4.69, 9.17) is 0 Å². The van der Waals surface area contributed by atoms with Crippen LogP contribution in [0.5, 0.6) is 0 Å². The van der Waals surface area contributed by atoms with Crippen molar-refractivity contribution >= 4 is 47.8 Å². The molecular formula is CBr3+. The minimum Gasteiger partial charge on any atom is 0.229 e. The van der Waals surface area contributed by atoms with E-state index in [1.165, 1.54) is 0 Å². The molecule has 0 nitrogen and oxygen atoms in total. The minimum atomic E-state index is 0.854. The maximum absolute atomic E-state index is 3.02. The van der Waals surface area contributed by atoms with Crippen molar-refractivity contribution < 1.29 is 0 Å². The molecule has 0 aromatic heterocycles. The molecule has 0 N–H and O–H groups in total. The molecule has 0 spiro atoms. The van der Waals surface area contributed by atoms with Crippen LogP contribution < -0.4 is 0 Å². The monoisotopic (exact) mass is 249 g/mol. The normalized spacial score (nSPS) is 6.75. The van der Waals surface area contributed by atoms with Gasteiger partial charge in [0.25, 0.3) is 0 Å². The lowest BCUT2D eigenvalue weighted by Gasteiger charge is -1.46. The highest BCUT2D eigenvalue weighted by Crippen LogP contribution is 2.24. The van der Waals surface area contributed by atoms with E-state index in [0.29, 0.717) is 0 Å². The van der Waals surface area contributed by atoms with Crippen LogP contribution in [0.15, 0.2) is 0 Å². The SMILES string of the molecule is Br[C+](Br)Br. The summed E-state index contributed by atoms with van der Waals surface area (Å²) in [5.41, 5.74) is 0. The predicted molar refractivity (Wildman–Crippen MR) is 30.0 cm³/mol. The summed E-state index contributed by atoms with van der Waals surface area (Å²) in [6.07, 6.45) is 0. The quantitative estimate of drug-likeness (QED) is 0.581. The molecule has 0 aliphatic heterocycles. The van der Waals surface area contributed by atoms with Crippen LogP contribution >= 0.6 is 47.8 Å². The molecule has 0 rings (SSSR count). The van der Waals surface area contributed by atoms with Gasteiger partial charge in [0.2, 0.25) is 47.8 Å². The average molecular weight is 252 g/mol. The summed E-state index contributed by atoms with van der Waals surface area (Å²) in [5.74, 6) is 0. The van der Waals surface area contributed by atoms with Gasteiger partial charge in [-0.3, -0.25) is 0 Å². The summed E-state index contributed by atoms with van der Waals surface area (Å²) in [5, 5.41) is 0. The summed E-state index contributed by atoms with van der Waals surface area (Å²) in [7, 11) is 0. The zero-order chi connectivity index (χ0) is 3.58. The van der Waals surface area contributed by atoms with Crippen LogP contribution in [0, 0.1) is 2.65 Å². The molecule has 0 atom stereocenters. The van der Waals surface area contributed by atoms with Crippen molar-refractivity contribution in [3.8, 4) is 0 Å². The van der Waals surface area contributed by atoms with Crippen LogP contribution in [0.1, 0.15) is 0 Å².